The molecule has 0 saturated heterocycles. The van der Waals surface area contributed by atoms with E-state index in [0.717, 1.165) is 5.69 Å². The van der Waals surface area contributed by atoms with Crippen LogP contribution < -0.4 is 0 Å². The van der Waals surface area contributed by atoms with E-state index in [4.69, 9.17) is 0 Å². The van der Waals surface area contributed by atoms with Crippen LogP contribution in [0, 0.1) is 0 Å². The van der Waals surface area contributed by atoms with Gasteiger partial charge >= 0.3 is 0 Å². The van der Waals surface area contributed by atoms with Crippen molar-refractivity contribution < 1.29 is 0 Å². The van der Waals surface area contributed by atoms with Crippen LogP contribution in [0.4, 0.5) is 0 Å². The summed E-state index contributed by atoms with van der Waals surface area (Å²) in [5, 5.41) is 10.1. The van der Waals surface area contributed by atoms with Crippen LogP contribution in [0.1, 0.15) is 0 Å². The molecule has 2 heteroatoms. The molecule has 10 aromatic rings. The van der Waals surface area contributed by atoms with Crippen LogP contribution in [-0.4, -0.2) is 9.13 Å². The lowest BCUT2D eigenvalue weighted by molar-refractivity contribution is 1.18. The van der Waals surface area contributed by atoms with Gasteiger partial charge in [-0.05, 0) is 75.1 Å². The Kier molecular flexibility index (Phi) is 5.31. The van der Waals surface area contributed by atoms with Gasteiger partial charge < -0.3 is 9.13 Å². The highest BCUT2D eigenvalue weighted by Gasteiger charge is 2.22. The maximum atomic E-state index is 2.49. The second-order valence-corrected chi connectivity index (χ2v) is 12.1. The fourth-order valence-corrected chi connectivity index (χ4v) is 7.72. The zero-order chi connectivity index (χ0) is 30.2. The van der Waals surface area contributed by atoms with Crippen LogP contribution >= 0.6 is 0 Å². The van der Waals surface area contributed by atoms with Gasteiger partial charge in [0.05, 0.1) is 22.1 Å². The van der Waals surface area contributed by atoms with Crippen LogP contribution in [0.15, 0.2) is 170 Å². The highest BCUT2D eigenvalue weighted by atomic mass is 15.0. The minimum atomic E-state index is 1.16. The van der Waals surface area contributed by atoms with Gasteiger partial charge in [-0.2, -0.15) is 0 Å². The fourth-order valence-electron chi connectivity index (χ4n) is 7.72. The zero-order valence-electron chi connectivity index (χ0n) is 25.1. The van der Waals surface area contributed by atoms with Gasteiger partial charge in [0.25, 0.3) is 0 Å². The Morgan fingerprint density at radius 3 is 1.78 bits per heavy atom. The maximum Gasteiger partial charge on any atom is 0.0641 e. The van der Waals surface area contributed by atoms with E-state index in [-0.39, 0.29) is 0 Å². The predicted octanol–water partition coefficient (Wildman–Crippen LogP) is 11.9. The first-order chi connectivity index (χ1) is 22.8. The third kappa shape index (κ3) is 3.53. The molecule has 46 heavy (non-hydrogen) atoms. The molecule has 0 spiro atoms. The van der Waals surface area contributed by atoms with Crippen molar-refractivity contribution in [2.24, 2.45) is 0 Å². The number of hydrogen-bond donors (Lipinski definition) is 0. The lowest BCUT2D eigenvalue weighted by atomic mass is 9.97. The van der Waals surface area contributed by atoms with Gasteiger partial charge in [0.1, 0.15) is 0 Å². The average Bonchev–Trinajstić information content (AvgIpc) is 3.65. The number of aromatic nitrogens is 2. The van der Waals surface area contributed by atoms with Gasteiger partial charge in [-0.1, -0.05) is 127 Å². The Morgan fingerprint density at radius 1 is 0.326 bits per heavy atom. The Labute approximate surface area is 266 Å². The minimum absolute atomic E-state index is 1.16. The average molecular weight is 585 g/mol. The number of para-hydroxylation sites is 2. The lowest BCUT2D eigenvalue weighted by Gasteiger charge is -2.14. The number of rotatable bonds is 3. The topological polar surface area (TPSA) is 9.86 Å². The summed E-state index contributed by atoms with van der Waals surface area (Å²) in [7, 11) is 0. The lowest BCUT2D eigenvalue weighted by Crippen LogP contribution is -1.96. The van der Waals surface area contributed by atoms with Crippen molar-refractivity contribution in [3.05, 3.63) is 170 Å². The van der Waals surface area contributed by atoms with Crippen molar-refractivity contribution in [3.8, 4) is 22.5 Å². The Balaban J connectivity index is 1.44. The molecule has 2 aromatic heterocycles. The number of fused-ring (bicyclic) bond motifs is 10. The summed E-state index contributed by atoms with van der Waals surface area (Å²) in [5.41, 5.74) is 9.66. The van der Waals surface area contributed by atoms with Crippen LogP contribution in [0.3, 0.4) is 0 Å². The molecular weight excluding hydrogens is 556 g/mol. The standard InChI is InChI=1S/C44H28N2/c1-3-13-29(14-4-1)38-28-33(27-31-16-8-9-19-34(31)38)45-40-25-23-30-15-7-10-20-35(30)42(40)43-41(45)26-24-37-36-21-11-12-22-39(36)46(44(37)43)32-17-5-2-6-18-32/h1-28H. The van der Waals surface area contributed by atoms with E-state index >= 15 is 0 Å². The van der Waals surface area contributed by atoms with Crippen molar-refractivity contribution >= 4 is 65.2 Å². The predicted molar refractivity (Wildman–Crippen MR) is 196 cm³/mol. The van der Waals surface area contributed by atoms with E-state index in [9.17, 15) is 0 Å². The molecule has 0 aliphatic heterocycles. The molecule has 0 aliphatic rings. The van der Waals surface area contributed by atoms with Crippen LogP contribution in [0.2, 0.25) is 0 Å². The summed E-state index contributed by atoms with van der Waals surface area (Å²) in [5.74, 6) is 0. The van der Waals surface area contributed by atoms with E-state index in [1.54, 1.807) is 0 Å². The molecule has 0 atom stereocenters. The van der Waals surface area contributed by atoms with Crippen molar-refractivity contribution in [3.63, 3.8) is 0 Å². The monoisotopic (exact) mass is 584 g/mol. The van der Waals surface area contributed by atoms with E-state index in [1.807, 2.05) is 0 Å². The molecule has 0 amide bonds. The fraction of sp³-hybridized carbons (Fsp3) is 0. The number of benzene rings is 8. The van der Waals surface area contributed by atoms with E-state index in [0.29, 0.717) is 0 Å². The Bertz CT molecular complexity index is 2780. The largest absolute Gasteiger partial charge is 0.309 e. The maximum absolute atomic E-state index is 2.49. The first-order valence-corrected chi connectivity index (χ1v) is 15.9. The minimum Gasteiger partial charge on any atom is -0.309 e. The molecule has 10 rings (SSSR count). The number of nitrogens with zero attached hydrogens (tertiary/aromatic N) is 2. The summed E-state index contributed by atoms with van der Waals surface area (Å²) in [6.07, 6.45) is 0. The molecule has 0 bridgehead atoms. The smallest absolute Gasteiger partial charge is 0.0641 e. The van der Waals surface area contributed by atoms with Gasteiger partial charge in [0.15, 0.2) is 0 Å². The highest BCUT2D eigenvalue weighted by Crippen LogP contribution is 2.45. The molecule has 2 heterocycles. The van der Waals surface area contributed by atoms with Crippen LogP contribution in [0.5, 0.6) is 0 Å². The van der Waals surface area contributed by atoms with E-state index < -0.39 is 0 Å². The summed E-state index contributed by atoms with van der Waals surface area (Å²) in [4.78, 5) is 0. The summed E-state index contributed by atoms with van der Waals surface area (Å²) >= 11 is 0. The highest BCUT2D eigenvalue weighted by molar-refractivity contribution is 6.31. The third-order valence-corrected chi connectivity index (χ3v) is 9.66. The molecule has 0 N–H and O–H groups in total. The molecule has 0 radical (unpaired) electrons. The van der Waals surface area contributed by atoms with Crippen LogP contribution in [-0.2, 0) is 0 Å². The van der Waals surface area contributed by atoms with E-state index in [1.165, 1.54) is 82.0 Å². The third-order valence-electron chi connectivity index (χ3n) is 9.66. The van der Waals surface area contributed by atoms with Gasteiger partial charge in [0, 0.05) is 32.9 Å². The van der Waals surface area contributed by atoms with E-state index in [2.05, 4.69) is 179 Å². The summed E-state index contributed by atoms with van der Waals surface area (Å²) in [6.45, 7) is 0. The Hall–Kier alpha value is -6.12. The SMILES string of the molecule is c1ccc(-c2cc(-n3c4ccc5ccccc5c4c4c3ccc3c5ccccc5n(-c5ccccc5)c34)cc3ccccc23)cc1. The molecule has 0 fully saturated rings. The molecule has 0 aliphatic carbocycles. The van der Waals surface area contributed by atoms with Crippen molar-refractivity contribution in [2.75, 3.05) is 0 Å². The van der Waals surface area contributed by atoms with Gasteiger partial charge in [-0.15, -0.1) is 0 Å². The quantitative estimate of drug-likeness (QED) is 0.195. The molecule has 2 nitrogen and oxygen atoms in total. The summed E-state index contributed by atoms with van der Waals surface area (Å²) in [6, 6.07) is 62.0. The van der Waals surface area contributed by atoms with Gasteiger partial charge in [-0.25, -0.2) is 0 Å². The normalized spacial score (nSPS) is 11.9. The zero-order valence-corrected chi connectivity index (χ0v) is 25.1. The van der Waals surface area contributed by atoms with Crippen molar-refractivity contribution in [1.29, 1.82) is 0 Å². The molecule has 0 saturated carbocycles. The molecule has 214 valence electrons. The molecule has 8 aromatic carbocycles. The van der Waals surface area contributed by atoms with Crippen LogP contribution in [0.25, 0.3) is 87.7 Å². The van der Waals surface area contributed by atoms with Gasteiger partial charge in [0.2, 0.25) is 0 Å². The first kappa shape index (κ1) is 25.2. The molecular formula is C44H28N2. The van der Waals surface area contributed by atoms with Crippen molar-refractivity contribution in [2.45, 2.75) is 0 Å². The second-order valence-electron chi connectivity index (χ2n) is 12.1. The second kappa shape index (κ2) is 9.69. The summed E-state index contributed by atoms with van der Waals surface area (Å²) < 4.78 is 4.96. The Morgan fingerprint density at radius 2 is 0.957 bits per heavy atom. The molecule has 0 unspecified atom stereocenters. The number of hydrogen-bond acceptors (Lipinski definition) is 0. The van der Waals surface area contributed by atoms with Gasteiger partial charge in [-0.3, -0.25) is 0 Å². The first-order valence-electron chi connectivity index (χ1n) is 15.9. The van der Waals surface area contributed by atoms with Crippen molar-refractivity contribution in [1.82, 2.24) is 9.13 Å².